The van der Waals surface area contributed by atoms with E-state index >= 15 is 0 Å². The smallest absolute Gasteiger partial charge is 0.317 e. The van der Waals surface area contributed by atoms with Gasteiger partial charge in [0, 0.05) is 45.8 Å². The first-order chi connectivity index (χ1) is 14.4. The molecule has 30 heavy (non-hydrogen) atoms. The number of unbranched alkanes of at least 4 members (excludes halogenated alkanes) is 1. The van der Waals surface area contributed by atoms with Gasteiger partial charge in [0.15, 0.2) is 0 Å². The Balaban J connectivity index is 1.34. The first-order valence-electron chi connectivity index (χ1n) is 11.2. The fourth-order valence-corrected chi connectivity index (χ4v) is 6.06. The monoisotopic (exact) mass is 436 g/mol. The number of carbonyl (C=O) groups is 1. The van der Waals surface area contributed by atoms with E-state index in [4.69, 9.17) is 0 Å². The second-order valence-electron chi connectivity index (χ2n) is 8.85. The van der Waals surface area contributed by atoms with E-state index in [9.17, 15) is 13.2 Å². The van der Waals surface area contributed by atoms with Crippen LogP contribution in [0.4, 0.5) is 4.79 Å². The minimum Gasteiger partial charge on any atom is -0.338 e. The summed E-state index contributed by atoms with van der Waals surface area (Å²) in [5.41, 5.74) is 0. The standard InChI is InChI=1S/C22H36N4O3S/c1-19-16-20(2)18-24(17-19)11-7-6-10-23-22(27)25-12-14-26(15-13-25)30(28,29)21-8-4-3-5-9-21/h3-5,8-9,19-20H,6-7,10-18H2,1-2H3,(H,23,27). The van der Waals surface area contributed by atoms with Crippen molar-refractivity contribution in [3.05, 3.63) is 30.3 Å². The molecule has 2 saturated heterocycles. The number of urea groups is 1. The molecule has 2 heterocycles. The zero-order valence-electron chi connectivity index (χ0n) is 18.3. The Labute approximate surface area is 181 Å². The van der Waals surface area contributed by atoms with Gasteiger partial charge in [0.05, 0.1) is 4.90 Å². The third-order valence-corrected chi connectivity index (χ3v) is 7.94. The third-order valence-electron chi connectivity index (χ3n) is 6.03. The third kappa shape index (κ3) is 6.18. The SMILES string of the molecule is CC1CC(C)CN(CCCCNC(=O)N2CCN(S(=O)(=O)c3ccccc3)CC2)C1. The highest BCUT2D eigenvalue weighted by molar-refractivity contribution is 7.89. The van der Waals surface area contributed by atoms with Gasteiger partial charge in [0.25, 0.3) is 0 Å². The van der Waals surface area contributed by atoms with Crippen LogP contribution in [0.3, 0.4) is 0 Å². The van der Waals surface area contributed by atoms with Gasteiger partial charge >= 0.3 is 6.03 Å². The Bertz CT molecular complexity index is 769. The topological polar surface area (TPSA) is 73.0 Å². The zero-order valence-corrected chi connectivity index (χ0v) is 19.1. The number of piperazine rings is 1. The zero-order chi connectivity index (χ0) is 21.6. The van der Waals surface area contributed by atoms with Crippen molar-refractivity contribution in [2.24, 2.45) is 11.8 Å². The van der Waals surface area contributed by atoms with Crippen molar-refractivity contribution in [1.82, 2.24) is 19.4 Å². The number of sulfonamides is 1. The fourth-order valence-electron chi connectivity index (χ4n) is 4.62. The molecule has 0 spiro atoms. The quantitative estimate of drug-likeness (QED) is 0.667. The largest absolute Gasteiger partial charge is 0.338 e. The number of benzene rings is 1. The summed E-state index contributed by atoms with van der Waals surface area (Å²) in [6, 6.07) is 8.38. The van der Waals surface area contributed by atoms with Crippen LogP contribution in [0.5, 0.6) is 0 Å². The van der Waals surface area contributed by atoms with E-state index in [1.54, 1.807) is 35.2 Å². The second kappa shape index (κ2) is 10.6. The van der Waals surface area contributed by atoms with Gasteiger partial charge in [-0.05, 0) is 49.8 Å². The number of nitrogens with one attached hydrogen (secondary N) is 1. The maximum Gasteiger partial charge on any atom is 0.317 e. The molecule has 0 radical (unpaired) electrons. The van der Waals surface area contributed by atoms with E-state index in [0.717, 1.165) is 31.2 Å². The summed E-state index contributed by atoms with van der Waals surface area (Å²) in [5.74, 6) is 1.55. The minimum atomic E-state index is -3.48. The van der Waals surface area contributed by atoms with Crippen LogP contribution in [-0.2, 0) is 10.0 Å². The number of likely N-dealkylation sites (tertiary alicyclic amines) is 1. The summed E-state index contributed by atoms with van der Waals surface area (Å²) < 4.78 is 26.8. The summed E-state index contributed by atoms with van der Waals surface area (Å²) in [4.78, 5) is 17.0. The summed E-state index contributed by atoms with van der Waals surface area (Å²) in [6.07, 6.45) is 3.38. The van der Waals surface area contributed by atoms with Gasteiger partial charge in [-0.2, -0.15) is 4.31 Å². The number of amides is 2. The molecule has 2 aliphatic heterocycles. The number of piperidine rings is 1. The van der Waals surface area contributed by atoms with Crippen molar-refractivity contribution in [2.75, 3.05) is 52.4 Å². The molecule has 1 aromatic carbocycles. The van der Waals surface area contributed by atoms with Gasteiger partial charge in [-0.15, -0.1) is 0 Å². The molecule has 2 fully saturated rings. The van der Waals surface area contributed by atoms with Crippen LogP contribution < -0.4 is 5.32 Å². The van der Waals surface area contributed by atoms with Crippen molar-refractivity contribution in [2.45, 2.75) is 38.0 Å². The summed E-state index contributed by atoms with van der Waals surface area (Å²) in [6.45, 7) is 10.3. The van der Waals surface area contributed by atoms with E-state index in [1.807, 2.05) is 0 Å². The van der Waals surface area contributed by atoms with Crippen LogP contribution in [0.1, 0.15) is 33.1 Å². The van der Waals surface area contributed by atoms with Crippen LogP contribution in [0.15, 0.2) is 35.2 Å². The second-order valence-corrected chi connectivity index (χ2v) is 10.8. The number of hydrogen-bond acceptors (Lipinski definition) is 4. The van der Waals surface area contributed by atoms with Crippen LogP contribution in [0.25, 0.3) is 0 Å². The lowest BCUT2D eigenvalue weighted by molar-refractivity contribution is 0.138. The highest BCUT2D eigenvalue weighted by Gasteiger charge is 2.29. The lowest BCUT2D eigenvalue weighted by Crippen LogP contribution is -2.53. The van der Waals surface area contributed by atoms with Gasteiger partial charge in [-0.3, -0.25) is 0 Å². The van der Waals surface area contributed by atoms with E-state index < -0.39 is 10.0 Å². The van der Waals surface area contributed by atoms with Gasteiger partial charge < -0.3 is 15.1 Å². The van der Waals surface area contributed by atoms with Crippen molar-refractivity contribution in [1.29, 1.82) is 0 Å². The molecular weight excluding hydrogens is 400 g/mol. The van der Waals surface area contributed by atoms with Gasteiger partial charge in [-0.1, -0.05) is 32.0 Å². The molecule has 2 atom stereocenters. The Kier molecular flexibility index (Phi) is 8.13. The van der Waals surface area contributed by atoms with Crippen LogP contribution in [0, 0.1) is 11.8 Å². The molecule has 1 N–H and O–H groups in total. The molecule has 7 nitrogen and oxygen atoms in total. The first-order valence-corrected chi connectivity index (χ1v) is 12.6. The van der Waals surface area contributed by atoms with E-state index in [0.29, 0.717) is 37.6 Å². The minimum absolute atomic E-state index is 0.0908. The van der Waals surface area contributed by atoms with Crippen LogP contribution in [0.2, 0.25) is 0 Å². The molecule has 8 heteroatoms. The molecule has 2 aliphatic rings. The molecule has 2 amide bonds. The predicted octanol–water partition coefficient (Wildman–Crippen LogP) is 2.46. The fraction of sp³-hybridized carbons (Fsp3) is 0.682. The Morgan fingerprint density at radius 3 is 2.27 bits per heavy atom. The maximum atomic E-state index is 12.7. The van der Waals surface area contributed by atoms with E-state index in [2.05, 4.69) is 24.1 Å². The average Bonchev–Trinajstić information content (AvgIpc) is 2.73. The lowest BCUT2D eigenvalue weighted by Gasteiger charge is -2.35. The molecule has 0 aliphatic carbocycles. The molecule has 168 valence electrons. The molecule has 0 aromatic heterocycles. The number of rotatable bonds is 7. The first kappa shape index (κ1) is 23.0. The van der Waals surface area contributed by atoms with Gasteiger partial charge in [0.1, 0.15) is 0 Å². The number of carbonyl (C=O) groups excluding carboxylic acids is 1. The molecule has 0 bridgehead atoms. The molecule has 0 saturated carbocycles. The van der Waals surface area contributed by atoms with Crippen molar-refractivity contribution in [3.63, 3.8) is 0 Å². The summed E-state index contributed by atoms with van der Waals surface area (Å²) >= 11 is 0. The lowest BCUT2D eigenvalue weighted by atomic mass is 9.92. The van der Waals surface area contributed by atoms with Gasteiger partial charge in [0.2, 0.25) is 10.0 Å². The summed E-state index contributed by atoms with van der Waals surface area (Å²) in [7, 11) is -3.48. The molecular formula is C22H36N4O3S. The van der Waals surface area contributed by atoms with Crippen molar-refractivity contribution < 1.29 is 13.2 Å². The highest BCUT2D eigenvalue weighted by Crippen LogP contribution is 2.21. The maximum absolute atomic E-state index is 12.7. The Morgan fingerprint density at radius 2 is 1.63 bits per heavy atom. The number of hydrogen-bond donors (Lipinski definition) is 1. The predicted molar refractivity (Wildman–Crippen MR) is 119 cm³/mol. The average molecular weight is 437 g/mol. The van der Waals surface area contributed by atoms with Crippen LogP contribution >= 0.6 is 0 Å². The van der Waals surface area contributed by atoms with E-state index in [1.165, 1.54) is 23.8 Å². The van der Waals surface area contributed by atoms with Crippen LogP contribution in [-0.4, -0.2) is 80.9 Å². The highest BCUT2D eigenvalue weighted by atomic mass is 32.2. The Hall–Kier alpha value is -1.64. The van der Waals surface area contributed by atoms with E-state index in [-0.39, 0.29) is 6.03 Å². The number of nitrogens with zero attached hydrogens (tertiary/aromatic N) is 3. The Morgan fingerprint density at radius 1 is 1.00 bits per heavy atom. The molecule has 2 unspecified atom stereocenters. The van der Waals surface area contributed by atoms with Gasteiger partial charge in [-0.25, -0.2) is 13.2 Å². The molecule has 3 rings (SSSR count). The summed E-state index contributed by atoms with van der Waals surface area (Å²) in [5, 5.41) is 2.99. The van der Waals surface area contributed by atoms with Crippen molar-refractivity contribution >= 4 is 16.1 Å². The van der Waals surface area contributed by atoms with Crippen molar-refractivity contribution in [3.8, 4) is 0 Å². The molecule has 1 aromatic rings. The normalized spacial score (nSPS) is 24.0.